The Morgan fingerprint density at radius 2 is 1.86 bits per heavy atom. The number of allylic oxidation sites excluding steroid dienone is 3. The maximum absolute atomic E-state index is 13.6. The Balaban J connectivity index is 1.42. The molecule has 0 fully saturated rings. The van der Waals surface area contributed by atoms with Crippen LogP contribution in [0.4, 0.5) is 4.39 Å². The molecule has 1 heterocycles. The van der Waals surface area contributed by atoms with Crippen LogP contribution < -0.4 is 5.32 Å². The zero-order valence-corrected chi connectivity index (χ0v) is 21.8. The van der Waals surface area contributed by atoms with E-state index in [4.69, 9.17) is 9.97 Å². The third-order valence-electron chi connectivity index (χ3n) is 7.48. The van der Waals surface area contributed by atoms with Crippen LogP contribution in [0.2, 0.25) is 0 Å². The van der Waals surface area contributed by atoms with Crippen molar-refractivity contribution in [2.75, 3.05) is 0 Å². The molecule has 0 saturated heterocycles. The molecule has 2 aliphatic rings. The van der Waals surface area contributed by atoms with Crippen LogP contribution >= 0.6 is 0 Å². The van der Waals surface area contributed by atoms with Crippen molar-refractivity contribution >= 4 is 16.7 Å². The molecular weight excluding hydrogens is 457 g/mol. The summed E-state index contributed by atoms with van der Waals surface area (Å²) in [6.07, 6.45) is 14.4. The Morgan fingerprint density at radius 1 is 1.03 bits per heavy atom. The predicted molar refractivity (Wildman–Crippen MR) is 153 cm³/mol. The smallest absolute Gasteiger partial charge is 0.123 e. The summed E-state index contributed by atoms with van der Waals surface area (Å²) in [5.74, 6) is -0.249. The fourth-order valence-corrected chi connectivity index (χ4v) is 5.49. The molecule has 2 aromatic carbocycles. The number of halogens is 1. The molecule has 0 spiro atoms. The van der Waals surface area contributed by atoms with E-state index in [9.17, 15) is 4.39 Å². The maximum atomic E-state index is 13.6. The number of fused-ring (bicyclic) bond motifs is 1. The molecule has 1 unspecified atom stereocenters. The maximum Gasteiger partial charge on any atom is 0.123 e. The van der Waals surface area contributed by atoms with Gasteiger partial charge in [-0.25, -0.2) is 14.4 Å². The summed E-state index contributed by atoms with van der Waals surface area (Å²) in [6.45, 7) is 10.5. The molecule has 190 valence electrons. The van der Waals surface area contributed by atoms with Crippen LogP contribution in [-0.2, 0) is 6.42 Å². The second-order valence-electron chi connectivity index (χ2n) is 10.5. The third kappa shape index (κ3) is 5.90. The van der Waals surface area contributed by atoms with Crippen LogP contribution in [0.3, 0.4) is 0 Å². The van der Waals surface area contributed by atoms with E-state index >= 15 is 0 Å². The monoisotopic (exact) mass is 493 g/mol. The summed E-state index contributed by atoms with van der Waals surface area (Å²) in [5, 5.41) is 3.71. The number of aryl methyl sites for hydroxylation is 1. The largest absolute Gasteiger partial charge is 0.378 e. The Labute approximate surface area is 219 Å². The SMILES string of the molecule is C=C(C)CCCCc1nc2cc(C(=C)NC3CCCC4=C3C=CCC4)ccc2nc1-c1ccc(F)cc1. The highest BCUT2D eigenvalue weighted by Crippen LogP contribution is 2.33. The molecule has 0 bridgehead atoms. The number of hydrogen-bond acceptors (Lipinski definition) is 3. The Kier molecular flexibility index (Phi) is 7.64. The van der Waals surface area contributed by atoms with E-state index in [1.165, 1.54) is 42.5 Å². The van der Waals surface area contributed by atoms with Gasteiger partial charge in [0, 0.05) is 11.3 Å². The molecule has 37 heavy (non-hydrogen) atoms. The van der Waals surface area contributed by atoms with Gasteiger partial charge < -0.3 is 5.32 Å². The van der Waals surface area contributed by atoms with Crippen LogP contribution in [0.15, 0.2) is 84.5 Å². The van der Waals surface area contributed by atoms with E-state index < -0.39 is 0 Å². The number of nitrogens with zero attached hydrogens (tertiary/aromatic N) is 2. The van der Waals surface area contributed by atoms with Crippen molar-refractivity contribution in [1.82, 2.24) is 15.3 Å². The van der Waals surface area contributed by atoms with Gasteiger partial charge in [-0.1, -0.05) is 35.9 Å². The lowest BCUT2D eigenvalue weighted by Gasteiger charge is -2.31. The first-order valence-electron chi connectivity index (χ1n) is 13.5. The molecule has 0 aliphatic heterocycles. The van der Waals surface area contributed by atoms with Gasteiger partial charge in [-0.3, -0.25) is 0 Å². The van der Waals surface area contributed by atoms with Gasteiger partial charge in [0.2, 0.25) is 0 Å². The van der Waals surface area contributed by atoms with Crippen LogP contribution in [0, 0.1) is 5.82 Å². The summed E-state index contributed by atoms with van der Waals surface area (Å²) < 4.78 is 13.6. The van der Waals surface area contributed by atoms with E-state index in [0.717, 1.165) is 77.8 Å². The van der Waals surface area contributed by atoms with E-state index in [0.29, 0.717) is 6.04 Å². The molecule has 0 saturated carbocycles. The molecule has 5 rings (SSSR count). The van der Waals surface area contributed by atoms with Gasteiger partial charge in [-0.15, -0.1) is 6.58 Å². The summed E-state index contributed by atoms with van der Waals surface area (Å²) >= 11 is 0. The second-order valence-corrected chi connectivity index (χ2v) is 10.5. The van der Waals surface area contributed by atoms with Gasteiger partial charge in [0.1, 0.15) is 5.82 Å². The Morgan fingerprint density at radius 3 is 2.68 bits per heavy atom. The number of hydrogen-bond donors (Lipinski definition) is 1. The summed E-state index contributed by atoms with van der Waals surface area (Å²) in [5.41, 5.74) is 10.6. The lowest BCUT2D eigenvalue weighted by atomic mass is 9.82. The van der Waals surface area contributed by atoms with Crippen LogP contribution in [0.5, 0.6) is 0 Å². The molecular formula is C33H36FN3. The van der Waals surface area contributed by atoms with E-state index in [1.807, 2.05) is 6.07 Å². The Bertz CT molecular complexity index is 1380. The number of benzene rings is 2. The fraction of sp³-hybridized carbons (Fsp3) is 0.333. The lowest BCUT2D eigenvalue weighted by Crippen LogP contribution is -2.32. The number of rotatable bonds is 9. The first-order valence-corrected chi connectivity index (χ1v) is 13.5. The van der Waals surface area contributed by atoms with Crippen molar-refractivity contribution < 1.29 is 4.39 Å². The van der Waals surface area contributed by atoms with Gasteiger partial charge in [0.15, 0.2) is 0 Å². The molecule has 4 heteroatoms. The molecule has 3 nitrogen and oxygen atoms in total. The highest BCUT2D eigenvalue weighted by Gasteiger charge is 2.23. The minimum absolute atomic E-state index is 0.249. The standard InChI is InChI=1S/C33H36FN3/c1-22(2)9-4-7-13-31-33(25-15-18-27(34)19-16-25)37-30-20-17-26(21-32(30)36-31)23(3)35-29-14-8-11-24-10-5-6-12-28(24)29/h6,12,15-21,29,35H,1,3-5,7-11,13-14H2,2H3. The third-order valence-corrected chi connectivity index (χ3v) is 7.48. The number of aromatic nitrogens is 2. The molecule has 2 aliphatic carbocycles. The van der Waals surface area contributed by atoms with Gasteiger partial charge in [0.05, 0.1) is 28.5 Å². The quantitative estimate of drug-likeness (QED) is 0.240. The van der Waals surface area contributed by atoms with Gasteiger partial charge in [0.25, 0.3) is 0 Å². The summed E-state index contributed by atoms with van der Waals surface area (Å²) in [4.78, 5) is 10.1. The molecule has 3 aromatic rings. The van der Waals surface area contributed by atoms with Crippen molar-refractivity contribution in [2.45, 2.75) is 70.8 Å². The van der Waals surface area contributed by atoms with Crippen molar-refractivity contribution in [3.8, 4) is 11.3 Å². The average molecular weight is 494 g/mol. The van der Waals surface area contributed by atoms with E-state index in [2.05, 4.69) is 49.7 Å². The lowest BCUT2D eigenvalue weighted by molar-refractivity contribution is 0.544. The molecule has 0 radical (unpaired) electrons. The molecule has 1 atom stereocenters. The normalized spacial score (nSPS) is 17.1. The molecule has 0 amide bonds. The second kappa shape index (κ2) is 11.2. The van der Waals surface area contributed by atoms with Crippen LogP contribution in [0.1, 0.15) is 69.5 Å². The van der Waals surface area contributed by atoms with Crippen molar-refractivity contribution in [3.05, 3.63) is 102 Å². The minimum Gasteiger partial charge on any atom is -0.378 e. The fourth-order valence-electron chi connectivity index (χ4n) is 5.49. The van der Waals surface area contributed by atoms with Gasteiger partial charge >= 0.3 is 0 Å². The summed E-state index contributed by atoms with van der Waals surface area (Å²) in [6, 6.07) is 13.1. The highest BCUT2D eigenvalue weighted by atomic mass is 19.1. The molecule has 1 aromatic heterocycles. The van der Waals surface area contributed by atoms with Crippen molar-refractivity contribution in [3.63, 3.8) is 0 Å². The Hall–Kier alpha value is -3.53. The number of unbranched alkanes of at least 4 members (excludes halogenated alkanes) is 1. The topological polar surface area (TPSA) is 37.8 Å². The predicted octanol–water partition coefficient (Wildman–Crippen LogP) is 8.48. The first kappa shape index (κ1) is 25.1. The van der Waals surface area contributed by atoms with Crippen molar-refractivity contribution in [1.29, 1.82) is 0 Å². The van der Waals surface area contributed by atoms with E-state index in [-0.39, 0.29) is 5.82 Å². The van der Waals surface area contributed by atoms with Crippen molar-refractivity contribution in [2.24, 2.45) is 0 Å². The van der Waals surface area contributed by atoms with Crippen LogP contribution in [0.25, 0.3) is 28.0 Å². The first-order chi connectivity index (χ1) is 18.0. The van der Waals surface area contributed by atoms with Gasteiger partial charge in [-0.2, -0.15) is 0 Å². The van der Waals surface area contributed by atoms with Crippen LogP contribution in [-0.4, -0.2) is 16.0 Å². The zero-order chi connectivity index (χ0) is 25.8. The summed E-state index contributed by atoms with van der Waals surface area (Å²) in [7, 11) is 0. The van der Waals surface area contributed by atoms with E-state index in [1.54, 1.807) is 17.7 Å². The minimum atomic E-state index is -0.249. The number of nitrogens with one attached hydrogen (secondary N) is 1. The highest BCUT2D eigenvalue weighted by molar-refractivity contribution is 5.82. The van der Waals surface area contributed by atoms with Gasteiger partial charge in [-0.05, 0) is 112 Å². The zero-order valence-electron chi connectivity index (χ0n) is 21.8. The average Bonchev–Trinajstić information content (AvgIpc) is 2.91. The molecule has 1 N–H and O–H groups in total.